The zero-order valence-corrected chi connectivity index (χ0v) is 14.4. The summed E-state index contributed by atoms with van der Waals surface area (Å²) in [6.45, 7) is 7.85. The third-order valence-electron chi connectivity index (χ3n) is 3.55. The smallest absolute Gasteiger partial charge is 0.247 e. The number of hydrogen-bond donors (Lipinski definition) is 3. The third-order valence-corrected chi connectivity index (χ3v) is 3.55. The minimum Gasteiger partial charge on any atom is -0.391 e. The second-order valence-corrected chi connectivity index (χ2v) is 6.57. The van der Waals surface area contributed by atoms with Crippen molar-refractivity contribution in [1.82, 2.24) is 10.6 Å². The summed E-state index contributed by atoms with van der Waals surface area (Å²) in [7, 11) is 0. The van der Waals surface area contributed by atoms with Crippen LogP contribution in [0.2, 0.25) is 0 Å². The summed E-state index contributed by atoms with van der Waals surface area (Å²) in [5.74, 6) is -0.195. The monoisotopic (exact) mass is 320 g/mol. The van der Waals surface area contributed by atoms with Crippen molar-refractivity contribution in [3.8, 4) is 0 Å². The molecule has 0 saturated heterocycles. The van der Waals surface area contributed by atoms with Crippen LogP contribution in [0.3, 0.4) is 0 Å². The Kier molecular flexibility index (Phi) is 7.75. The van der Waals surface area contributed by atoms with Crippen LogP contribution in [-0.2, 0) is 9.59 Å². The predicted octanol–water partition coefficient (Wildman–Crippen LogP) is 2.02. The first-order valence-corrected chi connectivity index (χ1v) is 8.11. The minimum atomic E-state index is -0.748. The van der Waals surface area contributed by atoms with Crippen molar-refractivity contribution >= 4 is 11.8 Å². The number of benzene rings is 1. The minimum absolute atomic E-state index is 0.0565. The van der Waals surface area contributed by atoms with E-state index in [1.807, 2.05) is 45.9 Å². The van der Waals surface area contributed by atoms with E-state index in [1.54, 1.807) is 12.1 Å². The number of nitrogens with one attached hydrogen (secondary N) is 2. The van der Waals surface area contributed by atoms with Crippen LogP contribution < -0.4 is 10.6 Å². The fourth-order valence-electron chi connectivity index (χ4n) is 2.08. The Hall–Kier alpha value is -1.88. The van der Waals surface area contributed by atoms with Crippen LogP contribution in [0.1, 0.15) is 45.7 Å². The van der Waals surface area contributed by atoms with Gasteiger partial charge in [-0.15, -0.1) is 0 Å². The number of aliphatic hydroxyl groups is 1. The van der Waals surface area contributed by atoms with Gasteiger partial charge in [-0.3, -0.25) is 9.59 Å². The van der Waals surface area contributed by atoms with E-state index in [0.29, 0.717) is 6.42 Å². The molecule has 0 spiro atoms. The second kappa shape index (κ2) is 9.30. The summed E-state index contributed by atoms with van der Waals surface area (Å²) in [5, 5.41) is 15.3. The number of carbonyl (C=O) groups excluding carboxylic acids is 2. The van der Waals surface area contributed by atoms with Crippen LogP contribution in [0.5, 0.6) is 0 Å². The molecule has 0 heterocycles. The molecular formula is C18H28N2O3. The molecule has 0 radical (unpaired) electrons. The topological polar surface area (TPSA) is 78.4 Å². The van der Waals surface area contributed by atoms with Gasteiger partial charge in [-0.2, -0.15) is 0 Å². The summed E-state index contributed by atoms with van der Waals surface area (Å²) < 4.78 is 0. The van der Waals surface area contributed by atoms with Crippen molar-refractivity contribution in [2.45, 2.75) is 46.3 Å². The van der Waals surface area contributed by atoms with Crippen molar-refractivity contribution in [2.24, 2.45) is 11.8 Å². The molecule has 5 heteroatoms. The maximum absolute atomic E-state index is 12.5. The van der Waals surface area contributed by atoms with E-state index in [-0.39, 0.29) is 30.2 Å². The highest BCUT2D eigenvalue weighted by Gasteiger charge is 2.23. The van der Waals surface area contributed by atoms with Gasteiger partial charge in [-0.05, 0) is 17.4 Å². The molecule has 0 saturated carbocycles. The van der Waals surface area contributed by atoms with Crippen molar-refractivity contribution < 1.29 is 14.7 Å². The van der Waals surface area contributed by atoms with E-state index in [2.05, 4.69) is 10.6 Å². The second-order valence-electron chi connectivity index (χ2n) is 6.57. The molecule has 2 atom stereocenters. The maximum atomic E-state index is 12.5. The number of hydrogen-bond acceptors (Lipinski definition) is 3. The molecule has 0 aromatic heterocycles. The standard InChI is InChI=1S/C18H28N2O3/c1-12(2)10-16(22)20-17(14-8-6-5-7-9-14)18(23)19-11-15(21)13(3)4/h5-9,12-13,15,17,21H,10-11H2,1-4H3,(H,19,23)(H,20,22). The van der Waals surface area contributed by atoms with Gasteiger partial charge in [-0.25, -0.2) is 0 Å². The molecule has 5 nitrogen and oxygen atoms in total. The van der Waals surface area contributed by atoms with Gasteiger partial charge in [0.15, 0.2) is 0 Å². The highest BCUT2D eigenvalue weighted by molar-refractivity contribution is 5.88. The van der Waals surface area contributed by atoms with Crippen molar-refractivity contribution in [3.63, 3.8) is 0 Å². The molecule has 3 N–H and O–H groups in total. The molecule has 1 aromatic carbocycles. The van der Waals surface area contributed by atoms with Crippen LogP contribution in [-0.4, -0.2) is 29.6 Å². The van der Waals surface area contributed by atoms with Gasteiger partial charge in [0.2, 0.25) is 11.8 Å². The average Bonchev–Trinajstić information content (AvgIpc) is 2.49. The molecule has 0 aliphatic rings. The van der Waals surface area contributed by atoms with Gasteiger partial charge in [0.1, 0.15) is 6.04 Å². The van der Waals surface area contributed by atoms with Gasteiger partial charge >= 0.3 is 0 Å². The SMILES string of the molecule is CC(C)CC(=O)NC(C(=O)NCC(O)C(C)C)c1ccccc1. The molecule has 128 valence electrons. The van der Waals surface area contributed by atoms with E-state index < -0.39 is 12.1 Å². The Morgan fingerprint density at radius 2 is 1.70 bits per heavy atom. The van der Waals surface area contributed by atoms with Gasteiger partial charge < -0.3 is 15.7 Å². The molecule has 0 bridgehead atoms. The normalized spacial score (nSPS) is 13.7. The molecule has 2 amide bonds. The van der Waals surface area contributed by atoms with Crippen molar-refractivity contribution in [1.29, 1.82) is 0 Å². The lowest BCUT2D eigenvalue weighted by Gasteiger charge is -2.21. The largest absolute Gasteiger partial charge is 0.391 e. The molecule has 2 unspecified atom stereocenters. The Labute approximate surface area is 138 Å². The molecule has 0 fully saturated rings. The lowest BCUT2D eigenvalue weighted by Crippen LogP contribution is -2.43. The number of rotatable bonds is 8. The van der Waals surface area contributed by atoms with Gasteiger partial charge in [-0.1, -0.05) is 58.0 Å². The Morgan fingerprint density at radius 1 is 1.09 bits per heavy atom. The van der Waals surface area contributed by atoms with E-state index in [4.69, 9.17) is 0 Å². The predicted molar refractivity (Wildman–Crippen MR) is 90.6 cm³/mol. The first-order chi connectivity index (χ1) is 10.8. The molecule has 0 aliphatic heterocycles. The van der Waals surface area contributed by atoms with E-state index >= 15 is 0 Å². The van der Waals surface area contributed by atoms with Crippen molar-refractivity contribution in [2.75, 3.05) is 6.54 Å². The lowest BCUT2D eigenvalue weighted by atomic mass is 10.0. The van der Waals surface area contributed by atoms with Crippen LogP contribution in [0.4, 0.5) is 0 Å². The average molecular weight is 320 g/mol. The first kappa shape index (κ1) is 19.2. The van der Waals surface area contributed by atoms with E-state index in [1.165, 1.54) is 0 Å². The van der Waals surface area contributed by atoms with E-state index in [9.17, 15) is 14.7 Å². The highest BCUT2D eigenvalue weighted by atomic mass is 16.3. The summed E-state index contributed by atoms with van der Waals surface area (Å²) in [6, 6.07) is 8.37. The van der Waals surface area contributed by atoms with Crippen LogP contribution in [0.25, 0.3) is 0 Å². The Balaban J connectivity index is 2.79. The zero-order chi connectivity index (χ0) is 17.4. The van der Waals surface area contributed by atoms with Crippen LogP contribution >= 0.6 is 0 Å². The van der Waals surface area contributed by atoms with Crippen LogP contribution in [0.15, 0.2) is 30.3 Å². The number of aliphatic hydroxyl groups excluding tert-OH is 1. The molecule has 1 rings (SSSR count). The third kappa shape index (κ3) is 6.82. The summed E-state index contributed by atoms with van der Waals surface area (Å²) in [5.41, 5.74) is 0.723. The van der Waals surface area contributed by atoms with Gasteiger partial charge in [0.05, 0.1) is 6.10 Å². The lowest BCUT2D eigenvalue weighted by molar-refractivity contribution is -0.129. The molecule has 0 aliphatic carbocycles. The fourth-order valence-corrected chi connectivity index (χ4v) is 2.08. The summed E-state index contributed by atoms with van der Waals surface area (Å²) in [4.78, 5) is 24.5. The number of carbonyl (C=O) groups is 2. The molecular weight excluding hydrogens is 292 g/mol. The highest BCUT2D eigenvalue weighted by Crippen LogP contribution is 2.14. The Bertz CT molecular complexity index is 500. The first-order valence-electron chi connectivity index (χ1n) is 8.11. The summed E-state index contributed by atoms with van der Waals surface area (Å²) >= 11 is 0. The van der Waals surface area contributed by atoms with E-state index in [0.717, 1.165) is 5.56 Å². The fraction of sp³-hybridized carbons (Fsp3) is 0.556. The number of amides is 2. The van der Waals surface area contributed by atoms with Crippen molar-refractivity contribution in [3.05, 3.63) is 35.9 Å². The Morgan fingerprint density at radius 3 is 2.22 bits per heavy atom. The van der Waals surface area contributed by atoms with Gasteiger partial charge in [0.25, 0.3) is 0 Å². The van der Waals surface area contributed by atoms with Crippen LogP contribution in [0, 0.1) is 11.8 Å². The quantitative estimate of drug-likeness (QED) is 0.686. The molecule has 23 heavy (non-hydrogen) atoms. The molecule has 1 aromatic rings. The maximum Gasteiger partial charge on any atom is 0.247 e. The summed E-state index contributed by atoms with van der Waals surface area (Å²) in [6.07, 6.45) is -0.243. The van der Waals surface area contributed by atoms with Gasteiger partial charge in [0, 0.05) is 13.0 Å². The zero-order valence-electron chi connectivity index (χ0n) is 14.4.